The summed E-state index contributed by atoms with van der Waals surface area (Å²) in [4.78, 5) is 40.1. The standard InChI is InChI=1S/C16H17F3N4O5/c1-8-11(13(25)22-14(26)23(8)2-3-24)6-10-4-9(7-20-15(27)28)5-12(21-10)16(17,18)19/h4-5,20,24H,2-3,6-7H2,1H3,(H,27,28)(H,22,25,26). The summed E-state index contributed by atoms with van der Waals surface area (Å²) >= 11 is 0. The molecule has 12 heteroatoms. The average molecular weight is 402 g/mol. The number of carbonyl (C=O) groups is 1. The van der Waals surface area contributed by atoms with Crippen LogP contribution in [0.25, 0.3) is 0 Å². The van der Waals surface area contributed by atoms with Crippen LogP contribution in [0, 0.1) is 6.92 Å². The number of halogens is 3. The number of hydrogen-bond donors (Lipinski definition) is 4. The van der Waals surface area contributed by atoms with E-state index in [0.29, 0.717) is 6.07 Å². The zero-order chi connectivity index (χ0) is 21.1. The van der Waals surface area contributed by atoms with Crippen molar-refractivity contribution in [2.45, 2.75) is 32.6 Å². The summed E-state index contributed by atoms with van der Waals surface area (Å²) in [5.41, 5.74) is -2.67. The van der Waals surface area contributed by atoms with Crippen molar-refractivity contribution in [3.63, 3.8) is 0 Å². The van der Waals surface area contributed by atoms with Gasteiger partial charge in [0.25, 0.3) is 5.56 Å². The minimum Gasteiger partial charge on any atom is -0.465 e. The zero-order valence-electron chi connectivity index (χ0n) is 14.6. The van der Waals surface area contributed by atoms with Gasteiger partial charge in [-0.3, -0.25) is 14.3 Å². The highest BCUT2D eigenvalue weighted by Gasteiger charge is 2.33. The number of alkyl halides is 3. The third kappa shape index (κ3) is 4.97. The maximum atomic E-state index is 13.1. The van der Waals surface area contributed by atoms with E-state index in [4.69, 9.17) is 10.2 Å². The Hall–Kier alpha value is -3.15. The number of aromatic amines is 1. The lowest BCUT2D eigenvalue weighted by Crippen LogP contribution is -2.35. The lowest BCUT2D eigenvalue weighted by Gasteiger charge is -2.14. The van der Waals surface area contributed by atoms with Crippen molar-refractivity contribution in [3.05, 3.63) is 61.2 Å². The fraction of sp³-hybridized carbons (Fsp3) is 0.375. The van der Waals surface area contributed by atoms with Crippen molar-refractivity contribution in [3.8, 4) is 0 Å². The van der Waals surface area contributed by atoms with Gasteiger partial charge in [0.05, 0.1) is 13.2 Å². The van der Waals surface area contributed by atoms with Crippen LogP contribution in [0.4, 0.5) is 18.0 Å². The number of carboxylic acid groups (broad SMARTS) is 1. The lowest BCUT2D eigenvalue weighted by atomic mass is 10.1. The number of aliphatic hydroxyl groups excluding tert-OH is 1. The molecule has 0 aromatic carbocycles. The Kier molecular flexibility index (Phi) is 6.23. The van der Waals surface area contributed by atoms with Crippen LogP contribution in [0.3, 0.4) is 0 Å². The lowest BCUT2D eigenvalue weighted by molar-refractivity contribution is -0.141. The molecule has 0 aliphatic rings. The van der Waals surface area contributed by atoms with E-state index in [9.17, 15) is 27.6 Å². The summed E-state index contributed by atoms with van der Waals surface area (Å²) in [6, 6.07) is 1.95. The molecule has 9 nitrogen and oxygen atoms in total. The Morgan fingerprint density at radius 2 is 2.00 bits per heavy atom. The SMILES string of the molecule is Cc1c(Cc2cc(CNC(=O)O)cc(C(F)(F)F)n2)c(=O)[nH]c(=O)n1CCO. The first-order valence-electron chi connectivity index (χ1n) is 8.00. The fourth-order valence-electron chi connectivity index (χ4n) is 2.64. The minimum absolute atomic E-state index is 0.0111. The van der Waals surface area contributed by atoms with Gasteiger partial charge in [-0.2, -0.15) is 13.2 Å². The smallest absolute Gasteiger partial charge is 0.433 e. The number of nitrogens with zero attached hydrogens (tertiary/aromatic N) is 2. The summed E-state index contributed by atoms with van der Waals surface area (Å²) in [6.45, 7) is 0.576. The summed E-state index contributed by atoms with van der Waals surface area (Å²) in [6.07, 6.45) is -6.50. The highest BCUT2D eigenvalue weighted by atomic mass is 19.4. The maximum Gasteiger partial charge on any atom is 0.433 e. The normalized spacial score (nSPS) is 11.5. The van der Waals surface area contributed by atoms with Gasteiger partial charge in [0, 0.05) is 29.9 Å². The van der Waals surface area contributed by atoms with Crippen LogP contribution in [0.5, 0.6) is 0 Å². The predicted molar refractivity (Wildman–Crippen MR) is 90.1 cm³/mol. The Bertz CT molecular complexity index is 997. The van der Waals surface area contributed by atoms with E-state index >= 15 is 0 Å². The molecule has 1 amide bonds. The molecule has 0 unspecified atom stereocenters. The number of hydrogen-bond acceptors (Lipinski definition) is 5. The van der Waals surface area contributed by atoms with Gasteiger partial charge < -0.3 is 15.5 Å². The van der Waals surface area contributed by atoms with E-state index in [1.54, 1.807) is 0 Å². The molecule has 2 heterocycles. The van der Waals surface area contributed by atoms with Crippen LogP contribution in [0.1, 0.15) is 28.2 Å². The van der Waals surface area contributed by atoms with Gasteiger partial charge in [-0.1, -0.05) is 0 Å². The molecule has 0 radical (unpaired) electrons. The third-order valence-corrected chi connectivity index (χ3v) is 3.94. The molecule has 152 valence electrons. The van der Waals surface area contributed by atoms with Gasteiger partial charge in [-0.15, -0.1) is 0 Å². The first kappa shape index (κ1) is 21.2. The Morgan fingerprint density at radius 1 is 1.32 bits per heavy atom. The first-order chi connectivity index (χ1) is 13.0. The van der Waals surface area contributed by atoms with Crippen LogP contribution in [-0.4, -0.2) is 37.4 Å². The summed E-state index contributed by atoms with van der Waals surface area (Å²) in [7, 11) is 0. The Balaban J connectivity index is 2.52. The zero-order valence-corrected chi connectivity index (χ0v) is 14.6. The van der Waals surface area contributed by atoms with Gasteiger partial charge in [-0.05, 0) is 24.6 Å². The van der Waals surface area contributed by atoms with Crippen molar-refractivity contribution in [2.24, 2.45) is 0 Å². The monoisotopic (exact) mass is 402 g/mol. The summed E-state index contributed by atoms with van der Waals surface area (Å²) in [5.74, 6) is 0. The number of pyridine rings is 1. The Morgan fingerprint density at radius 3 is 2.57 bits per heavy atom. The van der Waals surface area contributed by atoms with Crippen LogP contribution >= 0.6 is 0 Å². The van der Waals surface area contributed by atoms with E-state index < -0.39 is 29.2 Å². The average Bonchev–Trinajstić information content (AvgIpc) is 2.59. The van der Waals surface area contributed by atoms with Crippen molar-refractivity contribution >= 4 is 6.09 Å². The molecular formula is C16H17F3N4O5. The van der Waals surface area contributed by atoms with Gasteiger partial charge in [0.2, 0.25) is 0 Å². The topological polar surface area (TPSA) is 137 Å². The summed E-state index contributed by atoms with van der Waals surface area (Å²) < 4.78 is 40.5. The second-order valence-electron chi connectivity index (χ2n) is 5.88. The van der Waals surface area contributed by atoms with E-state index in [-0.39, 0.29) is 48.6 Å². The van der Waals surface area contributed by atoms with Crippen LogP contribution in [0.2, 0.25) is 0 Å². The van der Waals surface area contributed by atoms with Gasteiger partial charge in [0.1, 0.15) is 5.69 Å². The van der Waals surface area contributed by atoms with E-state index in [2.05, 4.69) is 9.97 Å². The molecule has 0 fully saturated rings. The number of aliphatic hydroxyl groups is 1. The van der Waals surface area contributed by atoms with Gasteiger partial charge in [0.15, 0.2) is 0 Å². The quantitative estimate of drug-likeness (QED) is 0.559. The number of H-pyrrole nitrogens is 1. The third-order valence-electron chi connectivity index (χ3n) is 3.94. The number of aromatic nitrogens is 3. The molecule has 2 rings (SSSR count). The molecule has 0 aliphatic heterocycles. The van der Waals surface area contributed by atoms with E-state index in [0.717, 1.165) is 4.57 Å². The molecule has 0 bridgehead atoms. The molecule has 2 aromatic rings. The van der Waals surface area contributed by atoms with Crippen molar-refractivity contribution in [2.75, 3.05) is 6.61 Å². The molecule has 28 heavy (non-hydrogen) atoms. The summed E-state index contributed by atoms with van der Waals surface area (Å²) in [5, 5.41) is 19.6. The first-order valence-corrected chi connectivity index (χ1v) is 8.00. The second-order valence-corrected chi connectivity index (χ2v) is 5.88. The van der Waals surface area contributed by atoms with Crippen LogP contribution in [-0.2, 0) is 25.7 Å². The van der Waals surface area contributed by atoms with Crippen molar-refractivity contribution < 1.29 is 28.2 Å². The fourth-order valence-corrected chi connectivity index (χ4v) is 2.64. The van der Waals surface area contributed by atoms with E-state index in [1.807, 2.05) is 5.32 Å². The molecule has 0 saturated carbocycles. The number of rotatable bonds is 6. The minimum atomic E-state index is -4.77. The molecule has 2 aromatic heterocycles. The molecule has 0 spiro atoms. The maximum absolute atomic E-state index is 13.1. The number of amides is 1. The molecule has 0 saturated heterocycles. The largest absolute Gasteiger partial charge is 0.465 e. The van der Waals surface area contributed by atoms with Crippen molar-refractivity contribution in [1.29, 1.82) is 0 Å². The molecule has 4 N–H and O–H groups in total. The molecule has 0 aliphatic carbocycles. The highest BCUT2D eigenvalue weighted by molar-refractivity contribution is 5.64. The van der Waals surface area contributed by atoms with Crippen LogP contribution in [0.15, 0.2) is 21.7 Å². The molecule has 0 atom stereocenters. The van der Waals surface area contributed by atoms with Crippen molar-refractivity contribution in [1.82, 2.24) is 19.9 Å². The van der Waals surface area contributed by atoms with Gasteiger partial charge in [-0.25, -0.2) is 14.6 Å². The van der Waals surface area contributed by atoms with Crippen LogP contribution < -0.4 is 16.6 Å². The Labute approximate surface area is 155 Å². The predicted octanol–water partition coefficient (Wildman–Crippen LogP) is 0.610. The number of nitrogens with one attached hydrogen (secondary N) is 2. The highest BCUT2D eigenvalue weighted by Crippen LogP contribution is 2.29. The second kappa shape index (κ2) is 8.25. The van der Waals surface area contributed by atoms with E-state index in [1.165, 1.54) is 13.0 Å². The van der Waals surface area contributed by atoms with Gasteiger partial charge >= 0.3 is 18.0 Å². The molecular weight excluding hydrogens is 385 g/mol.